The lowest BCUT2D eigenvalue weighted by atomic mass is 9.99. The van der Waals surface area contributed by atoms with E-state index in [1.54, 1.807) is 24.5 Å². The number of carbonyl (C=O) groups excluding carboxylic acids is 1. The molecule has 3 rings (SSSR count). The van der Waals surface area contributed by atoms with Crippen LogP contribution in [0.5, 0.6) is 0 Å². The average molecular weight is 363 g/mol. The quantitative estimate of drug-likeness (QED) is 0.637. The molecule has 0 aliphatic rings. The van der Waals surface area contributed by atoms with Gasteiger partial charge in [-0.1, -0.05) is 54.1 Å². The Labute approximate surface area is 158 Å². The van der Waals surface area contributed by atoms with Crippen molar-refractivity contribution in [1.82, 2.24) is 10.3 Å². The molecule has 0 bridgehead atoms. The van der Waals surface area contributed by atoms with E-state index in [1.165, 1.54) is 0 Å². The zero-order valence-corrected chi connectivity index (χ0v) is 14.9. The van der Waals surface area contributed by atoms with Crippen LogP contribution in [0.25, 0.3) is 6.08 Å². The summed E-state index contributed by atoms with van der Waals surface area (Å²) in [6.45, 7) is 0. The number of pyridine rings is 1. The first-order valence-corrected chi connectivity index (χ1v) is 8.76. The molecular formula is C22H19ClN2O. The van der Waals surface area contributed by atoms with Crippen LogP contribution in [0.2, 0.25) is 5.02 Å². The standard InChI is InChI=1S/C22H19ClN2O/c23-20-9-6-18(7-10-20)16-21(19-4-2-1-3-5-19)25-22(26)11-8-17-12-14-24-15-13-17/h1-15,21H,16H2,(H,25,26). The lowest BCUT2D eigenvalue weighted by Gasteiger charge is -2.19. The van der Waals surface area contributed by atoms with E-state index in [2.05, 4.69) is 10.3 Å². The van der Waals surface area contributed by atoms with Crippen LogP contribution >= 0.6 is 11.6 Å². The molecule has 1 unspecified atom stereocenters. The molecule has 3 aromatic rings. The van der Waals surface area contributed by atoms with E-state index in [4.69, 9.17) is 11.6 Å². The van der Waals surface area contributed by atoms with Gasteiger partial charge in [0.25, 0.3) is 0 Å². The first-order chi connectivity index (χ1) is 12.7. The van der Waals surface area contributed by atoms with Crippen molar-refractivity contribution in [2.45, 2.75) is 12.5 Å². The van der Waals surface area contributed by atoms with Crippen molar-refractivity contribution >= 4 is 23.6 Å². The molecule has 0 aliphatic carbocycles. The van der Waals surface area contributed by atoms with Crippen molar-refractivity contribution in [1.29, 1.82) is 0 Å². The molecule has 3 nitrogen and oxygen atoms in total. The van der Waals surface area contributed by atoms with E-state index >= 15 is 0 Å². The summed E-state index contributed by atoms with van der Waals surface area (Å²) in [6, 6.07) is 21.2. The maximum Gasteiger partial charge on any atom is 0.244 e. The third kappa shape index (κ3) is 5.30. The Balaban J connectivity index is 1.74. The predicted octanol–water partition coefficient (Wildman–Crippen LogP) is 4.85. The summed E-state index contributed by atoms with van der Waals surface area (Å²) < 4.78 is 0. The molecule has 1 heterocycles. The van der Waals surface area contributed by atoms with Gasteiger partial charge in [0.2, 0.25) is 5.91 Å². The topological polar surface area (TPSA) is 42.0 Å². The highest BCUT2D eigenvalue weighted by molar-refractivity contribution is 6.30. The van der Waals surface area contributed by atoms with E-state index in [0.717, 1.165) is 16.7 Å². The second-order valence-electron chi connectivity index (χ2n) is 5.92. The summed E-state index contributed by atoms with van der Waals surface area (Å²) in [4.78, 5) is 16.4. The second-order valence-corrected chi connectivity index (χ2v) is 6.35. The molecule has 26 heavy (non-hydrogen) atoms. The van der Waals surface area contributed by atoms with Crippen LogP contribution in [0.15, 0.2) is 85.2 Å². The first-order valence-electron chi connectivity index (χ1n) is 8.39. The fourth-order valence-electron chi connectivity index (χ4n) is 2.66. The molecule has 0 fully saturated rings. The maximum absolute atomic E-state index is 12.4. The minimum atomic E-state index is -0.135. The van der Waals surface area contributed by atoms with E-state index in [9.17, 15) is 4.79 Å². The van der Waals surface area contributed by atoms with Crippen molar-refractivity contribution in [3.05, 3.63) is 107 Å². The molecule has 2 aromatic carbocycles. The minimum absolute atomic E-state index is 0.119. The van der Waals surface area contributed by atoms with Crippen molar-refractivity contribution in [3.8, 4) is 0 Å². The highest BCUT2D eigenvalue weighted by Gasteiger charge is 2.14. The van der Waals surface area contributed by atoms with Crippen molar-refractivity contribution < 1.29 is 4.79 Å². The normalized spacial score (nSPS) is 12.0. The van der Waals surface area contributed by atoms with E-state index < -0.39 is 0 Å². The second kappa shape index (κ2) is 8.97. The van der Waals surface area contributed by atoms with Gasteiger partial charge in [-0.3, -0.25) is 9.78 Å². The number of amides is 1. The average Bonchev–Trinajstić information content (AvgIpc) is 2.69. The number of benzene rings is 2. The zero-order chi connectivity index (χ0) is 18.2. The number of carbonyl (C=O) groups is 1. The SMILES string of the molecule is O=C(C=Cc1ccncc1)NC(Cc1ccc(Cl)cc1)c1ccccc1. The summed E-state index contributed by atoms with van der Waals surface area (Å²) in [7, 11) is 0. The van der Waals surface area contributed by atoms with Gasteiger partial charge in [-0.15, -0.1) is 0 Å². The van der Waals surface area contributed by atoms with Gasteiger partial charge >= 0.3 is 0 Å². The summed E-state index contributed by atoms with van der Waals surface area (Å²) in [5.41, 5.74) is 3.11. The molecular weight excluding hydrogens is 344 g/mol. The molecule has 1 aromatic heterocycles. The zero-order valence-electron chi connectivity index (χ0n) is 14.2. The Hall–Kier alpha value is -2.91. The van der Waals surface area contributed by atoms with Crippen LogP contribution in [0.1, 0.15) is 22.7 Å². The van der Waals surface area contributed by atoms with Gasteiger partial charge in [0, 0.05) is 23.5 Å². The number of rotatable bonds is 6. The molecule has 0 spiro atoms. The molecule has 0 saturated heterocycles. The molecule has 1 N–H and O–H groups in total. The number of aromatic nitrogens is 1. The molecule has 0 aliphatic heterocycles. The Morgan fingerprint density at radius 1 is 1.00 bits per heavy atom. The fourth-order valence-corrected chi connectivity index (χ4v) is 2.79. The Morgan fingerprint density at radius 3 is 2.38 bits per heavy atom. The van der Waals surface area contributed by atoms with Crippen LogP contribution in [-0.4, -0.2) is 10.9 Å². The molecule has 0 radical (unpaired) electrons. The van der Waals surface area contributed by atoms with Gasteiger partial charge in [0.05, 0.1) is 6.04 Å². The largest absolute Gasteiger partial charge is 0.345 e. The predicted molar refractivity (Wildman–Crippen MR) is 106 cm³/mol. The molecule has 4 heteroatoms. The van der Waals surface area contributed by atoms with Crippen molar-refractivity contribution in [2.75, 3.05) is 0 Å². The fraction of sp³-hybridized carbons (Fsp3) is 0.0909. The van der Waals surface area contributed by atoms with Crippen LogP contribution in [0.4, 0.5) is 0 Å². The van der Waals surface area contributed by atoms with E-state index in [0.29, 0.717) is 11.4 Å². The Kier molecular flexibility index (Phi) is 6.18. The van der Waals surface area contributed by atoms with Crippen LogP contribution in [-0.2, 0) is 11.2 Å². The molecule has 1 atom stereocenters. The summed E-state index contributed by atoms with van der Waals surface area (Å²) in [5.74, 6) is -0.135. The van der Waals surface area contributed by atoms with Gasteiger partial charge in [-0.25, -0.2) is 0 Å². The molecule has 130 valence electrons. The summed E-state index contributed by atoms with van der Waals surface area (Å²) >= 11 is 5.97. The van der Waals surface area contributed by atoms with E-state index in [1.807, 2.05) is 66.7 Å². The van der Waals surface area contributed by atoms with Crippen LogP contribution < -0.4 is 5.32 Å². The number of hydrogen-bond donors (Lipinski definition) is 1. The van der Waals surface area contributed by atoms with Crippen molar-refractivity contribution in [3.63, 3.8) is 0 Å². The molecule has 0 saturated carbocycles. The lowest BCUT2D eigenvalue weighted by Crippen LogP contribution is -2.28. The van der Waals surface area contributed by atoms with Crippen molar-refractivity contribution in [2.24, 2.45) is 0 Å². The lowest BCUT2D eigenvalue weighted by molar-refractivity contribution is -0.117. The third-order valence-electron chi connectivity index (χ3n) is 4.00. The highest BCUT2D eigenvalue weighted by Crippen LogP contribution is 2.20. The molecule has 1 amide bonds. The number of hydrogen-bond acceptors (Lipinski definition) is 2. The number of nitrogens with zero attached hydrogens (tertiary/aromatic N) is 1. The van der Waals surface area contributed by atoms with Gasteiger partial charge in [0.15, 0.2) is 0 Å². The van der Waals surface area contributed by atoms with Gasteiger partial charge in [-0.2, -0.15) is 0 Å². The third-order valence-corrected chi connectivity index (χ3v) is 4.26. The smallest absolute Gasteiger partial charge is 0.244 e. The van der Waals surface area contributed by atoms with Gasteiger partial charge in [0.1, 0.15) is 0 Å². The Morgan fingerprint density at radius 2 is 1.69 bits per heavy atom. The number of halogens is 1. The van der Waals surface area contributed by atoms with Crippen LogP contribution in [0.3, 0.4) is 0 Å². The number of nitrogens with one attached hydrogen (secondary N) is 1. The Bertz CT molecular complexity index is 862. The minimum Gasteiger partial charge on any atom is -0.345 e. The highest BCUT2D eigenvalue weighted by atomic mass is 35.5. The van der Waals surface area contributed by atoms with Gasteiger partial charge < -0.3 is 5.32 Å². The summed E-state index contributed by atoms with van der Waals surface area (Å²) in [6.07, 6.45) is 7.42. The maximum atomic E-state index is 12.4. The van der Waals surface area contributed by atoms with Crippen LogP contribution in [0, 0.1) is 0 Å². The first kappa shape index (κ1) is 17.9. The van der Waals surface area contributed by atoms with Gasteiger partial charge in [-0.05, 0) is 53.5 Å². The summed E-state index contributed by atoms with van der Waals surface area (Å²) in [5, 5.41) is 3.80. The van der Waals surface area contributed by atoms with E-state index in [-0.39, 0.29) is 11.9 Å². The monoisotopic (exact) mass is 362 g/mol.